The standard InChI is InChI=1S/C19H24N2O5S/c1-19(2,3)21-27(23,24)14-9-6-8-13(12-14)20-18(22)15-10-7-11-16(25-4)17(15)26-5/h6-12,21H,1-5H3,(H,20,22). The largest absolute Gasteiger partial charge is 0.493 e. The minimum Gasteiger partial charge on any atom is -0.493 e. The molecule has 7 nitrogen and oxygen atoms in total. The number of hydrogen-bond donors (Lipinski definition) is 2. The Morgan fingerprint density at radius 1 is 1.00 bits per heavy atom. The number of anilines is 1. The van der Waals surface area contributed by atoms with Gasteiger partial charge in [-0.2, -0.15) is 0 Å². The van der Waals surface area contributed by atoms with E-state index in [1.54, 1.807) is 51.1 Å². The first kappa shape index (κ1) is 20.7. The minimum atomic E-state index is -3.71. The normalized spacial score (nSPS) is 11.7. The van der Waals surface area contributed by atoms with Crippen LogP contribution in [0.15, 0.2) is 47.4 Å². The van der Waals surface area contributed by atoms with Crippen molar-refractivity contribution in [2.24, 2.45) is 0 Å². The predicted molar refractivity (Wildman–Crippen MR) is 104 cm³/mol. The highest BCUT2D eigenvalue weighted by Gasteiger charge is 2.23. The number of methoxy groups -OCH3 is 2. The zero-order valence-corrected chi connectivity index (χ0v) is 16.8. The monoisotopic (exact) mass is 392 g/mol. The van der Waals surface area contributed by atoms with Gasteiger partial charge in [-0.1, -0.05) is 12.1 Å². The lowest BCUT2D eigenvalue weighted by Crippen LogP contribution is -2.40. The lowest BCUT2D eigenvalue weighted by atomic mass is 10.1. The number of nitrogens with one attached hydrogen (secondary N) is 2. The van der Waals surface area contributed by atoms with Crippen LogP contribution < -0.4 is 19.5 Å². The van der Waals surface area contributed by atoms with E-state index in [-0.39, 0.29) is 10.5 Å². The second-order valence-electron chi connectivity index (χ2n) is 6.88. The molecule has 1 amide bonds. The van der Waals surface area contributed by atoms with Crippen molar-refractivity contribution >= 4 is 21.6 Å². The van der Waals surface area contributed by atoms with Gasteiger partial charge in [0.15, 0.2) is 11.5 Å². The first-order valence-corrected chi connectivity index (χ1v) is 9.72. The van der Waals surface area contributed by atoms with E-state index in [2.05, 4.69) is 10.0 Å². The summed E-state index contributed by atoms with van der Waals surface area (Å²) in [5.41, 5.74) is 0.00561. The maximum Gasteiger partial charge on any atom is 0.259 e. The summed E-state index contributed by atoms with van der Waals surface area (Å²) in [4.78, 5) is 12.7. The number of amides is 1. The molecule has 146 valence electrons. The quantitative estimate of drug-likeness (QED) is 0.788. The lowest BCUT2D eigenvalue weighted by Gasteiger charge is -2.20. The molecule has 0 radical (unpaired) electrons. The molecule has 0 aliphatic carbocycles. The third kappa shape index (κ3) is 5.21. The van der Waals surface area contributed by atoms with E-state index in [0.717, 1.165) is 0 Å². The van der Waals surface area contributed by atoms with Crippen LogP contribution in [0.25, 0.3) is 0 Å². The van der Waals surface area contributed by atoms with Crippen LogP contribution in [0.1, 0.15) is 31.1 Å². The van der Waals surface area contributed by atoms with E-state index in [1.165, 1.54) is 26.4 Å². The van der Waals surface area contributed by atoms with Crippen molar-refractivity contribution in [3.05, 3.63) is 48.0 Å². The third-order valence-corrected chi connectivity index (χ3v) is 5.25. The van der Waals surface area contributed by atoms with E-state index in [0.29, 0.717) is 17.2 Å². The van der Waals surface area contributed by atoms with Crippen LogP contribution in [-0.4, -0.2) is 34.1 Å². The van der Waals surface area contributed by atoms with Crippen molar-refractivity contribution in [3.63, 3.8) is 0 Å². The molecular formula is C19H24N2O5S. The average Bonchev–Trinajstić information content (AvgIpc) is 2.59. The Hall–Kier alpha value is -2.58. The van der Waals surface area contributed by atoms with Crippen molar-refractivity contribution < 1.29 is 22.7 Å². The second kappa shape index (κ2) is 7.98. The number of carbonyl (C=O) groups excluding carboxylic acids is 1. The van der Waals surface area contributed by atoms with Gasteiger partial charge < -0.3 is 14.8 Å². The summed E-state index contributed by atoms with van der Waals surface area (Å²) in [7, 11) is -0.784. The molecule has 0 aliphatic heterocycles. The highest BCUT2D eigenvalue weighted by molar-refractivity contribution is 7.89. The highest BCUT2D eigenvalue weighted by atomic mass is 32.2. The Bertz CT molecular complexity index is 933. The van der Waals surface area contributed by atoms with E-state index < -0.39 is 21.5 Å². The van der Waals surface area contributed by atoms with Gasteiger partial charge in [-0.05, 0) is 51.1 Å². The van der Waals surface area contributed by atoms with E-state index >= 15 is 0 Å². The van der Waals surface area contributed by atoms with Crippen LogP contribution in [0.4, 0.5) is 5.69 Å². The fourth-order valence-electron chi connectivity index (χ4n) is 2.47. The molecule has 2 N–H and O–H groups in total. The number of hydrogen-bond acceptors (Lipinski definition) is 5. The molecule has 2 aromatic carbocycles. The second-order valence-corrected chi connectivity index (χ2v) is 8.56. The van der Waals surface area contributed by atoms with Gasteiger partial charge in [-0.25, -0.2) is 13.1 Å². The average molecular weight is 392 g/mol. The van der Waals surface area contributed by atoms with Crippen LogP contribution in [0.3, 0.4) is 0 Å². The number of ether oxygens (including phenoxy) is 2. The third-order valence-electron chi connectivity index (χ3n) is 3.49. The van der Waals surface area contributed by atoms with E-state index in [9.17, 15) is 13.2 Å². The van der Waals surface area contributed by atoms with Gasteiger partial charge >= 0.3 is 0 Å². The van der Waals surface area contributed by atoms with Gasteiger partial charge in [0.25, 0.3) is 5.91 Å². The molecule has 0 saturated carbocycles. The predicted octanol–water partition coefficient (Wildman–Crippen LogP) is 3.03. The fourth-order valence-corrected chi connectivity index (χ4v) is 3.93. The molecule has 0 fully saturated rings. The summed E-state index contributed by atoms with van der Waals surface area (Å²) in [6.45, 7) is 5.27. The molecule has 2 rings (SSSR count). The molecule has 0 aromatic heterocycles. The van der Waals surface area contributed by atoms with Gasteiger partial charge in [0.2, 0.25) is 10.0 Å². The molecule has 0 aliphatic rings. The van der Waals surface area contributed by atoms with Crippen LogP contribution in [-0.2, 0) is 10.0 Å². The van der Waals surface area contributed by atoms with Gasteiger partial charge in [0, 0.05) is 11.2 Å². The van der Waals surface area contributed by atoms with Gasteiger partial charge in [0.1, 0.15) is 0 Å². The van der Waals surface area contributed by atoms with Crippen LogP contribution in [0, 0.1) is 0 Å². The van der Waals surface area contributed by atoms with Crippen molar-refractivity contribution in [2.45, 2.75) is 31.2 Å². The fraction of sp³-hybridized carbons (Fsp3) is 0.316. The maximum absolute atomic E-state index is 12.6. The van der Waals surface area contributed by atoms with Crippen molar-refractivity contribution in [2.75, 3.05) is 19.5 Å². The van der Waals surface area contributed by atoms with Crippen LogP contribution >= 0.6 is 0 Å². The summed E-state index contributed by atoms with van der Waals surface area (Å²) in [6.07, 6.45) is 0. The topological polar surface area (TPSA) is 93.7 Å². The Morgan fingerprint density at radius 2 is 1.67 bits per heavy atom. The van der Waals surface area contributed by atoms with Gasteiger partial charge in [-0.3, -0.25) is 4.79 Å². The molecule has 0 unspecified atom stereocenters. The van der Waals surface area contributed by atoms with E-state index in [1.807, 2.05) is 0 Å². The molecule has 0 saturated heterocycles. The number of rotatable bonds is 6. The smallest absolute Gasteiger partial charge is 0.259 e. The number of carbonyl (C=O) groups is 1. The lowest BCUT2D eigenvalue weighted by molar-refractivity contribution is 0.102. The molecular weight excluding hydrogens is 368 g/mol. The number of benzene rings is 2. The molecule has 0 atom stereocenters. The first-order chi connectivity index (χ1) is 12.6. The summed E-state index contributed by atoms with van der Waals surface area (Å²) in [6, 6.07) is 11.0. The molecule has 0 heterocycles. The minimum absolute atomic E-state index is 0.0628. The SMILES string of the molecule is COc1cccc(C(=O)Nc2cccc(S(=O)(=O)NC(C)(C)C)c2)c1OC. The Morgan fingerprint density at radius 3 is 2.26 bits per heavy atom. The van der Waals surface area contributed by atoms with Crippen molar-refractivity contribution in [1.29, 1.82) is 0 Å². The Labute approximate surface area is 159 Å². The van der Waals surface area contributed by atoms with Crippen LogP contribution in [0.2, 0.25) is 0 Å². The number of para-hydroxylation sites is 1. The zero-order valence-electron chi connectivity index (χ0n) is 16.0. The summed E-state index contributed by atoms with van der Waals surface area (Å²) >= 11 is 0. The summed E-state index contributed by atoms with van der Waals surface area (Å²) in [5.74, 6) is 0.288. The van der Waals surface area contributed by atoms with Crippen LogP contribution in [0.5, 0.6) is 11.5 Å². The number of sulfonamides is 1. The molecule has 0 bridgehead atoms. The first-order valence-electron chi connectivity index (χ1n) is 8.24. The molecule has 27 heavy (non-hydrogen) atoms. The maximum atomic E-state index is 12.6. The molecule has 0 spiro atoms. The molecule has 2 aromatic rings. The summed E-state index contributed by atoms with van der Waals surface area (Å²) in [5, 5.41) is 2.69. The van der Waals surface area contributed by atoms with Gasteiger partial charge in [0.05, 0.1) is 24.7 Å². The summed E-state index contributed by atoms with van der Waals surface area (Å²) < 4.78 is 38.0. The molecule has 8 heteroatoms. The van der Waals surface area contributed by atoms with Crippen molar-refractivity contribution in [1.82, 2.24) is 4.72 Å². The zero-order chi connectivity index (χ0) is 20.2. The van der Waals surface area contributed by atoms with E-state index in [4.69, 9.17) is 9.47 Å². The van der Waals surface area contributed by atoms with Crippen molar-refractivity contribution in [3.8, 4) is 11.5 Å². The highest BCUT2D eigenvalue weighted by Crippen LogP contribution is 2.31. The Kier molecular flexibility index (Phi) is 6.12. The Balaban J connectivity index is 2.31. The van der Waals surface area contributed by atoms with Gasteiger partial charge in [-0.15, -0.1) is 0 Å².